The first-order valence-electron chi connectivity index (χ1n) is 4.99. The number of rotatable bonds is 5. The summed E-state index contributed by atoms with van der Waals surface area (Å²) in [6.45, 7) is 2.78. The van der Waals surface area contributed by atoms with Gasteiger partial charge in [-0.25, -0.2) is 4.39 Å². The van der Waals surface area contributed by atoms with Crippen LogP contribution in [0, 0.1) is 5.82 Å². The lowest BCUT2D eigenvalue weighted by Gasteiger charge is -2.09. The molecule has 1 aromatic rings. The Morgan fingerprint density at radius 1 is 1.47 bits per heavy atom. The summed E-state index contributed by atoms with van der Waals surface area (Å²) in [5.74, 6) is -0.271. The SMILES string of the molecule is CCOc1c(F)cc(CCCN)cc1Cl. The second kappa shape index (κ2) is 5.93. The number of nitrogens with two attached hydrogens (primary N) is 1. The van der Waals surface area contributed by atoms with Gasteiger partial charge in [-0.3, -0.25) is 0 Å². The summed E-state index contributed by atoms with van der Waals surface area (Å²) in [5.41, 5.74) is 6.23. The van der Waals surface area contributed by atoms with Gasteiger partial charge < -0.3 is 10.5 Å². The molecule has 0 aliphatic heterocycles. The van der Waals surface area contributed by atoms with Crippen LogP contribution in [0.15, 0.2) is 12.1 Å². The highest BCUT2D eigenvalue weighted by Gasteiger charge is 2.10. The van der Waals surface area contributed by atoms with Crippen LogP contribution < -0.4 is 10.5 Å². The Balaban J connectivity index is 2.87. The molecule has 15 heavy (non-hydrogen) atoms. The molecule has 0 heterocycles. The normalized spacial score (nSPS) is 10.4. The molecule has 0 aliphatic rings. The van der Waals surface area contributed by atoms with E-state index in [1.54, 1.807) is 13.0 Å². The smallest absolute Gasteiger partial charge is 0.173 e. The molecule has 0 fully saturated rings. The van der Waals surface area contributed by atoms with Crippen LogP contribution in [-0.2, 0) is 6.42 Å². The van der Waals surface area contributed by atoms with E-state index in [1.165, 1.54) is 6.07 Å². The van der Waals surface area contributed by atoms with Crippen LogP contribution >= 0.6 is 11.6 Å². The zero-order valence-electron chi connectivity index (χ0n) is 8.72. The lowest BCUT2D eigenvalue weighted by atomic mass is 10.1. The maximum absolute atomic E-state index is 13.5. The van der Waals surface area contributed by atoms with Crippen LogP contribution in [-0.4, -0.2) is 13.2 Å². The predicted molar refractivity (Wildman–Crippen MR) is 60.0 cm³/mol. The fourth-order valence-corrected chi connectivity index (χ4v) is 1.63. The Hall–Kier alpha value is -0.800. The largest absolute Gasteiger partial charge is 0.489 e. The molecule has 0 saturated heterocycles. The van der Waals surface area contributed by atoms with Crippen LogP contribution in [0.3, 0.4) is 0 Å². The Kier molecular flexibility index (Phi) is 4.85. The third-order valence-corrected chi connectivity index (χ3v) is 2.30. The second-order valence-corrected chi connectivity index (χ2v) is 3.62. The number of aryl methyl sites for hydroxylation is 1. The van der Waals surface area contributed by atoms with Crippen LogP contribution in [0.2, 0.25) is 5.02 Å². The molecule has 0 bridgehead atoms. The Labute approximate surface area is 94.2 Å². The zero-order valence-corrected chi connectivity index (χ0v) is 9.48. The molecule has 0 amide bonds. The topological polar surface area (TPSA) is 35.2 Å². The van der Waals surface area contributed by atoms with Gasteiger partial charge in [0.15, 0.2) is 11.6 Å². The summed E-state index contributed by atoms with van der Waals surface area (Å²) in [6, 6.07) is 3.18. The number of benzene rings is 1. The lowest BCUT2D eigenvalue weighted by Crippen LogP contribution is -2.01. The van der Waals surface area contributed by atoms with E-state index in [9.17, 15) is 4.39 Å². The standard InChI is InChI=1S/C11H15ClFNO/c1-2-15-11-9(12)6-8(4-3-5-14)7-10(11)13/h6-7H,2-5,14H2,1H3. The molecule has 2 nitrogen and oxygen atoms in total. The van der Waals surface area contributed by atoms with Gasteiger partial charge in [0, 0.05) is 0 Å². The maximum atomic E-state index is 13.5. The molecule has 0 aliphatic carbocycles. The number of ether oxygens (including phenoxy) is 1. The van der Waals surface area contributed by atoms with Crippen molar-refractivity contribution in [2.24, 2.45) is 5.73 Å². The molecular weight excluding hydrogens is 217 g/mol. The van der Waals surface area contributed by atoms with E-state index in [0.717, 1.165) is 18.4 Å². The van der Waals surface area contributed by atoms with Crippen molar-refractivity contribution >= 4 is 11.6 Å². The van der Waals surface area contributed by atoms with E-state index in [1.807, 2.05) is 0 Å². The van der Waals surface area contributed by atoms with Gasteiger partial charge in [-0.1, -0.05) is 11.6 Å². The molecule has 0 spiro atoms. The molecule has 0 saturated carbocycles. The van der Waals surface area contributed by atoms with Gasteiger partial charge in [0.2, 0.25) is 0 Å². The molecule has 84 valence electrons. The molecule has 1 rings (SSSR count). The van der Waals surface area contributed by atoms with E-state index in [0.29, 0.717) is 18.2 Å². The van der Waals surface area contributed by atoms with Crippen molar-refractivity contribution in [2.45, 2.75) is 19.8 Å². The molecule has 0 atom stereocenters. The summed E-state index contributed by atoms with van der Waals surface area (Å²) in [7, 11) is 0. The second-order valence-electron chi connectivity index (χ2n) is 3.21. The predicted octanol–water partition coefficient (Wildman–Crippen LogP) is 2.77. The van der Waals surface area contributed by atoms with Crippen molar-refractivity contribution in [3.63, 3.8) is 0 Å². The minimum Gasteiger partial charge on any atom is -0.489 e. The number of halogens is 2. The molecule has 0 radical (unpaired) electrons. The first kappa shape index (κ1) is 12.3. The van der Waals surface area contributed by atoms with Crippen molar-refractivity contribution in [1.82, 2.24) is 0 Å². The molecule has 2 N–H and O–H groups in total. The summed E-state index contributed by atoms with van der Waals surface area (Å²) < 4.78 is 18.6. The van der Waals surface area contributed by atoms with E-state index in [4.69, 9.17) is 22.1 Å². The summed E-state index contributed by atoms with van der Waals surface area (Å²) in [4.78, 5) is 0. The first-order valence-corrected chi connectivity index (χ1v) is 5.37. The van der Waals surface area contributed by atoms with E-state index in [2.05, 4.69) is 0 Å². The molecule has 0 unspecified atom stereocenters. The lowest BCUT2D eigenvalue weighted by molar-refractivity contribution is 0.321. The highest BCUT2D eigenvalue weighted by atomic mass is 35.5. The van der Waals surface area contributed by atoms with Gasteiger partial charge in [-0.15, -0.1) is 0 Å². The summed E-state index contributed by atoms with van der Waals surface area (Å²) >= 11 is 5.90. The fourth-order valence-electron chi connectivity index (χ4n) is 1.35. The minimum absolute atomic E-state index is 0.135. The number of hydrogen-bond donors (Lipinski definition) is 1. The van der Waals surface area contributed by atoms with Gasteiger partial charge >= 0.3 is 0 Å². The van der Waals surface area contributed by atoms with Crippen molar-refractivity contribution in [2.75, 3.05) is 13.2 Å². The Morgan fingerprint density at radius 2 is 2.20 bits per heavy atom. The van der Waals surface area contributed by atoms with Gasteiger partial charge in [-0.05, 0) is 44.0 Å². The van der Waals surface area contributed by atoms with E-state index >= 15 is 0 Å². The summed E-state index contributed by atoms with van der Waals surface area (Å²) in [5, 5.41) is 0.323. The molecule has 0 aromatic heterocycles. The molecular formula is C11H15ClFNO. The van der Waals surface area contributed by atoms with Crippen LogP contribution in [0.5, 0.6) is 5.75 Å². The highest BCUT2D eigenvalue weighted by Crippen LogP contribution is 2.29. The summed E-state index contributed by atoms with van der Waals surface area (Å²) in [6.07, 6.45) is 1.56. The van der Waals surface area contributed by atoms with Crippen molar-refractivity contribution < 1.29 is 9.13 Å². The van der Waals surface area contributed by atoms with Crippen molar-refractivity contribution in [3.05, 3.63) is 28.5 Å². The van der Waals surface area contributed by atoms with Crippen molar-refractivity contribution in [3.8, 4) is 5.75 Å². The molecule has 1 aromatic carbocycles. The van der Waals surface area contributed by atoms with Crippen LogP contribution in [0.4, 0.5) is 4.39 Å². The van der Waals surface area contributed by atoms with Gasteiger partial charge in [0.1, 0.15) is 0 Å². The fraction of sp³-hybridized carbons (Fsp3) is 0.455. The Morgan fingerprint density at radius 3 is 2.73 bits per heavy atom. The average molecular weight is 232 g/mol. The average Bonchev–Trinajstić information content (AvgIpc) is 2.20. The third-order valence-electron chi connectivity index (χ3n) is 2.02. The van der Waals surface area contributed by atoms with E-state index < -0.39 is 5.82 Å². The Bertz CT molecular complexity index is 307. The van der Waals surface area contributed by atoms with Gasteiger partial charge in [0.25, 0.3) is 0 Å². The van der Waals surface area contributed by atoms with Gasteiger partial charge in [-0.2, -0.15) is 0 Å². The maximum Gasteiger partial charge on any atom is 0.173 e. The van der Waals surface area contributed by atoms with Crippen LogP contribution in [0.25, 0.3) is 0 Å². The highest BCUT2D eigenvalue weighted by molar-refractivity contribution is 6.32. The van der Waals surface area contributed by atoms with Crippen LogP contribution in [0.1, 0.15) is 18.9 Å². The number of hydrogen-bond acceptors (Lipinski definition) is 2. The van der Waals surface area contributed by atoms with Gasteiger partial charge in [0.05, 0.1) is 11.6 Å². The first-order chi connectivity index (χ1) is 7.19. The van der Waals surface area contributed by atoms with Crippen molar-refractivity contribution in [1.29, 1.82) is 0 Å². The molecule has 4 heteroatoms. The monoisotopic (exact) mass is 231 g/mol. The third kappa shape index (κ3) is 3.36. The quantitative estimate of drug-likeness (QED) is 0.846. The zero-order chi connectivity index (χ0) is 11.3. The minimum atomic E-state index is -0.406. The van der Waals surface area contributed by atoms with E-state index in [-0.39, 0.29) is 5.75 Å².